The number of rotatable bonds is 6. The molecule has 2 aliphatic heterocycles. The molecule has 0 radical (unpaired) electrons. The number of thioether (sulfide) groups is 1. The van der Waals surface area contributed by atoms with E-state index in [4.69, 9.17) is 9.47 Å². The fourth-order valence-electron chi connectivity index (χ4n) is 4.21. The fourth-order valence-corrected chi connectivity index (χ4v) is 5.11. The summed E-state index contributed by atoms with van der Waals surface area (Å²) in [4.78, 5) is 25.7. The number of nitrogens with zero attached hydrogens (tertiary/aromatic N) is 1. The maximum Gasteiger partial charge on any atom is 0.286 e. The molecule has 1 fully saturated rings. The molecule has 1 saturated heterocycles. The van der Waals surface area contributed by atoms with Gasteiger partial charge in [-0.3, -0.25) is 14.9 Å². The Hall–Kier alpha value is -2.41. The second kappa shape index (κ2) is 7.91. The van der Waals surface area contributed by atoms with Crippen LogP contribution in [0.25, 0.3) is 0 Å². The Morgan fingerprint density at radius 3 is 2.82 bits per heavy atom. The van der Waals surface area contributed by atoms with Crippen LogP contribution in [-0.2, 0) is 14.3 Å². The molecule has 0 saturated carbocycles. The summed E-state index contributed by atoms with van der Waals surface area (Å²) in [5.41, 5.74) is 1.24. The van der Waals surface area contributed by atoms with Gasteiger partial charge in [0.15, 0.2) is 0 Å². The largest absolute Gasteiger partial charge is 0.501 e. The lowest BCUT2D eigenvalue weighted by atomic mass is 9.83. The number of fused-ring (bicyclic) bond motifs is 1. The summed E-state index contributed by atoms with van der Waals surface area (Å²) in [5.74, 6) is 2.29. The molecular weight excluding hydrogens is 376 g/mol. The lowest BCUT2D eigenvalue weighted by Crippen LogP contribution is -2.30. The third kappa shape index (κ3) is 3.63. The van der Waals surface area contributed by atoms with Gasteiger partial charge < -0.3 is 14.4 Å². The molecule has 28 heavy (non-hydrogen) atoms. The highest BCUT2D eigenvalue weighted by Crippen LogP contribution is 2.40. The van der Waals surface area contributed by atoms with Crippen LogP contribution >= 0.6 is 11.8 Å². The minimum absolute atomic E-state index is 0.170. The van der Waals surface area contributed by atoms with Crippen molar-refractivity contribution < 1.29 is 19.1 Å². The number of carbonyl (C=O) groups is 2. The minimum Gasteiger partial charge on any atom is -0.501 e. The standard InChI is InChI=1S/C21H24N2O4S/c1-26-15-7-6-14(18(11-15)27-2)12-23-9-8-16-13(4-3-5-17(16)23)10-19-20(24)22-21(25)28-19/h3-5,7-9,11,13-14,16,19H,6,10,12H2,1-2H3,(H,22,24,25). The zero-order valence-electron chi connectivity index (χ0n) is 16.0. The zero-order chi connectivity index (χ0) is 19.7. The Morgan fingerprint density at radius 2 is 2.11 bits per heavy atom. The van der Waals surface area contributed by atoms with Gasteiger partial charge in [0.05, 0.1) is 19.5 Å². The molecule has 4 rings (SSSR count). The third-order valence-electron chi connectivity index (χ3n) is 5.67. The maximum atomic E-state index is 11.9. The predicted octanol–water partition coefficient (Wildman–Crippen LogP) is 3.32. The van der Waals surface area contributed by atoms with Crippen molar-refractivity contribution in [2.24, 2.45) is 17.8 Å². The molecule has 7 heteroatoms. The Morgan fingerprint density at radius 1 is 1.25 bits per heavy atom. The van der Waals surface area contributed by atoms with Gasteiger partial charge in [-0.25, -0.2) is 0 Å². The number of hydrogen-bond acceptors (Lipinski definition) is 6. The van der Waals surface area contributed by atoms with E-state index in [0.717, 1.165) is 36.2 Å². The van der Waals surface area contributed by atoms with Crippen molar-refractivity contribution in [3.05, 3.63) is 59.9 Å². The van der Waals surface area contributed by atoms with E-state index in [1.54, 1.807) is 14.2 Å². The van der Waals surface area contributed by atoms with Crippen LogP contribution in [0.4, 0.5) is 4.79 Å². The highest BCUT2D eigenvalue weighted by atomic mass is 32.2. The SMILES string of the molecule is COC1=CCC(CN2C=CC3C2=CC=CC3CC2SC(=O)NC2=O)C(OC)=C1. The van der Waals surface area contributed by atoms with Gasteiger partial charge in [0.25, 0.3) is 5.24 Å². The summed E-state index contributed by atoms with van der Waals surface area (Å²) in [5, 5.41) is 1.84. The molecule has 2 amide bonds. The highest BCUT2D eigenvalue weighted by Gasteiger charge is 2.38. The molecule has 0 spiro atoms. The smallest absolute Gasteiger partial charge is 0.286 e. The molecule has 2 aliphatic carbocycles. The first-order chi connectivity index (χ1) is 13.6. The quantitative estimate of drug-likeness (QED) is 0.738. The molecule has 6 nitrogen and oxygen atoms in total. The van der Waals surface area contributed by atoms with Gasteiger partial charge in [0.2, 0.25) is 5.91 Å². The molecule has 0 aromatic rings. The Kier molecular flexibility index (Phi) is 5.35. The molecule has 0 aromatic heterocycles. The predicted molar refractivity (Wildman–Crippen MR) is 108 cm³/mol. The van der Waals surface area contributed by atoms with E-state index in [0.29, 0.717) is 6.42 Å². The number of amides is 2. The molecule has 0 bridgehead atoms. The summed E-state index contributed by atoms with van der Waals surface area (Å²) >= 11 is 1.10. The van der Waals surface area contributed by atoms with E-state index in [1.165, 1.54) is 5.70 Å². The van der Waals surface area contributed by atoms with Gasteiger partial charge in [-0.2, -0.15) is 0 Å². The van der Waals surface area contributed by atoms with Crippen LogP contribution in [0, 0.1) is 17.8 Å². The van der Waals surface area contributed by atoms with Crippen LogP contribution in [-0.4, -0.2) is 42.1 Å². The van der Waals surface area contributed by atoms with Gasteiger partial charge in [0.1, 0.15) is 11.5 Å². The zero-order valence-corrected chi connectivity index (χ0v) is 16.8. The van der Waals surface area contributed by atoms with Crippen LogP contribution in [0.1, 0.15) is 12.8 Å². The van der Waals surface area contributed by atoms with E-state index in [2.05, 4.69) is 46.8 Å². The molecule has 4 aliphatic rings. The van der Waals surface area contributed by atoms with Crippen LogP contribution in [0.3, 0.4) is 0 Å². The average molecular weight is 401 g/mol. The van der Waals surface area contributed by atoms with Crippen LogP contribution < -0.4 is 5.32 Å². The van der Waals surface area contributed by atoms with E-state index in [9.17, 15) is 9.59 Å². The number of allylic oxidation sites excluding steroid dienone is 6. The Balaban J connectivity index is 1.42. The molecule has 0 aromatic carbocycles. The first-order valence-corrected chi connectivity index (χ1v) is 10.3. The van der Waals surface area contributed by atoms with Gasteiger partial charge in [-0.15, -0.1) is 0 Å². The highest BCUT2D eigenvalue weighted by molar-refractivity contribution is 8.15. The van der Waals surface area contributed by atoms with E-state index >= 15 is 0 Å². The number of methoxy groups -OCH3 is 2. The van der Waals surface area contributed by atoms with Crippen LogP contribution in [0.15, 0.2) is 59.9 Å². The second-order valence-corrected chi connectivity index (χ2v) is 8.45. The number of ether oxygens (including phenoxy) is 2. The first-order valence-electron chi connectivity index (χ1n) is 9.43. The number of carbonyl (C=O) groups excluding carboxylic acids is 2. The Labute approximate surface area is 169 Å². The first kappa shape index (κ1) is 18.9. The second-order valence-electron chi connectivity index (χ2n) is 7.27. The van der Waals surface area contributed by atoms with E-state index in [1.807, 2.05) is 6.08 Å². The summed E-state index contributed by atoms with van der Waals surface area (Å²) in [6.45, 7) is 0.823. The van der Waals surface area contributed by atoms with Crippen molar-refractivity contribution >= 4 is 22.9 Å². The topological polar surface area (TPSA) is 67.9 Å². The van der Waals surface area contributed by atoms with Crippen molar-refractivity contribution in [2.45, 2.75) is 18.1 Å². The van der Waals surface area contributed by atoms with Crippen molar-refractivity contribution in [1.29, 1.82) is 0 Å². The molecule has 2 heterocycles. The lowest BCUT2D eigenvalue weighted by molar-refractivity contribution is -0.119. The minimum atomic E-state index is -0.303. The summed E-state index contributed by atoms with van der Waals surface area (Å²) < 4.78 is 10.9. The summed E-state index contributed by atoms with van der Waals surface area (Å²) in [6, 6.07) is 0. The monoisotopic (exact) mass is 400 g/mol. The van der Waals surface area contributed by atoms with Crippen LogP contribution in [0.2, 0.25) is 0 Å². The number of imide groups is 1. The van der Waals surface area contributed by atoms with Gasteiger partial charge in [-0.1, -0.05) is 30.0 Å². The maximum absolute atomic E-state index is 11.9. The number of nitrogens with one attached hydrogen (secondary N) is 1. The summed E-state index contributed by atoms with van der Waals surface area (Å²) in [7, 11) is 3.36. The van der Waals surface area contributed by atoms with Crippen LogP contribution in [0.5, 0.6) is 0 Å². The van der Waals surface area contributed by atoms with Crippen molar-refractivity contribution in [2.75, 3.05) is 20.8 Å². The Bertz CT molecular complexity index is 826. The van der Waals surface area contributed by atoms with Gasteiger partial charge in [0, 0.05) is 36.4 Å². The van der Waals surface area contributed by atoms with Crippen molar-refractivity contribution in [3.63, 3.8) is 0 Å². The summed E-state index contributed by atoms with van der Waals surface area (Å²) in [6.07, 6.45) is 16.3. The lowest BCUT2D eigenvalue weighted by Gasteiger charge is -2.32. The van der Waals surface area contributed by atoms with E-state index in [-0.39, 0.29) is 34.2 Å². The van der Waals surface area contributed by atoms with Crippen molar-refractivity contribution in [1.82, 2.24) is 10.2 Å². The fraction of sp³-hybridized carbons (Fsp3) is 0.429. The molecule has 1 N–H and O–H groups in total. The molecule has 4 atom stereocenters. The molecular formula is C21H24N2O4S. The average Bonchev–Trinajstić information content (AvgIpc) is 3.25. The molecule has 4 unspecified atom stereocenters. The normalized spacial score (nSPS) is 31.2. The van der Waals surface area contributed by atoms with E-state index < -0.39 is 0 Å². The van der Waals surface area contributed by atoms with Crippen molar-refractivity contribution in [3.8, 4) is 0 Å². The van der Waals surface area contributed by atoms with Gasteiger partial charge in [-0.05, 0) is 30.9 Å². The molecule has 148 valence electrons. The third-order valence-corrected chi connectivity index (χ3v) is 6.67. The van der Waals surface area contributed by atoms with Gasteiger partial charge >= 0.3 is 0 Å². The number of hydrogen-bond donors (Lipinski definition) is 1.